The Kier molecular flexibility index (Phi) is 6.03. The molecule has 2 aromatic carbocycles. The highest BCUT2D eigenvalue weighted by molar-refractivity contribution is 7.09. The second-order valence-electron chi connectivity index (χ2n) is 10.6. The summed E-state index contributed by atoms with van der Waals surface area (Å²) in [5.74, 6) is -0.528. The first-order valence-electron chi connectivity index (χ1n) is 13.5. The highest BCUT2D eigenvalue weighted by atomic mass is 32.1. The van der Waals surface area contributed by atoms with E-state index < -0.39 is 17.7 Å². The Labute approximate surface area is 233 Å². The predicted octanol–water partition coefficient (Wildman–Crippen LogP) is 7.03. The number of aromatic nitrogens is 4. The van der Waals surface area contributed by atoms with Crippen LogP contribution in [0.5, 0.6) is 0 Å². The molecule has 1 amide bonds. The molecule has 204 valence electrons. The van der Waals surface area contributed by atoms with Gasteiger partial charge in [0.1, 0.15) is 11.6 Å². The van der Waals surface area contributed by atoms with Crippen LogP contribution in [-0.4, -0.2) is 25.6 Å². The van der Waals surface area contributed by atoms with Gasteiger partial charge in [-0.05, 0) is 69.4 Å². The molecule has 1 fully saturated rings. The second-order valence-corrected chi connectivity index (χ2v) is 11.6. The summed E-state index contributed by atoms with van der Waals surface area (Å²) in [4.78, 5) is 25.9. The van der Waals surface area contributed by atoms with E-state index in [-0.39, 0.29) is 11.9 Å². The van der Waals surface area contributed by atoms with Crippen molar-refractivity contribution in [1.29, 1.82) is 0 Å². The molecule has 5 aromatic rings. The molecule has 1 saturated heterocycles. The lowest BCUT2D eigenvalue weighted by Gasteiger charge is -2.37. The molecule has 3 aromatic heterocycles. The first-order chi connectivity index (χ1) is 19.4. The molecule has 0 spiro atoms. The quantitative estimate of drug-likeness (QED) is 0.236. The zero-order valence-electron chi connectivity index (χ0n) is 22.2. The average Bonchev–Trinajstić information content (AvgIpc) is 3.66. The summed E-state index contributed by atoms with van der Waals surface area (Å²) in [6.07, 6.45) is 4.31. The van der Waals surface area contributed by atoms with Gasteiger partial charge in [0.25, 0.3) is 0 Å². The van der Waals surface area contributed by atoms with Crippen LogP contribution >= 0.6 is 11.3 Å². The number of halogens is 2. The molecule has 0 bridgehead atoms. The third-order valence-corrected chi connectivity index (χ3v) is 9.09. The molecule has 40 heavy (non-hydrogen) atoms. The van der Waals surface area contributed by atoms with Crippen LogP contribution in [-0.2, 0) is 17.6 Å². The number of carbonyl (C=O) groups excluding carboxylic acids is 1. The molecule has 1 aliphatic heterocycles. The Hall–Kier alpha value is -3.92. The van der Waals surface area contributed by atoms with E-state index in [4.69, 9.17) is 9.51 Å². The van der Waals surface area contributed by atoms with Crippen molar-refractivity contribution in [2.75, 3.05) is 4.90 Å². The van der Waals surface area contributed by atoms with Gasteiger partial charge in [-0.25, -0.2) is 18.7 Å². The summed E-state index contributed by atoms with van der Waals surface area (Å²) in [6.45, 7) is 3.81. The van der Waals surface area contributed by atoms with Crippen LogP contribution in [0.15, 0.2) is 46.4 Å². The second kappa shape index (κ2) is 9.62. The Balaban J connectivity index is 1.40. The number of fused-ring (bicyclic) bond motifs is 2. The van der Waals surface area contributed by atoms with Crippen LogP contribution < -0.4 is 4.90 Å². The van der Waals surface area contributed by atoms with Crippen LogP contribution in [0, 0.1) is 25.5 Å². The van der Waals surface area contributed by atoms with Crippen LogP contribution in [0.4, 0.5) is 14.5 Å². The van der Waals surface area contributed by atoms with Gasteiger partial charge >= 0.3 is 0 Å². The van der Waals surface area contributed by atoms with Gasteiger partial charge in [0.2, 0.25) is 5.91 Å². The van der Waals surface area contributed by atoms with Crippen molar-refractivity contribution in [3.8, 4) is 11.1 Å². The van der Waals surface area contributed by atoms with Crippen molar-refractivity contribution in [3.05, 3.63) is 81.4 Å². The van der Waals surface area contributed by atoms with E-state index in [0.717, 1.165) is 76.5 Å². The third kappa shape index (κ3) is 4.04. The molecule has 2 atom stereocenters. The van der Waals surface area contributed by atoms with Crippen LogP contribution in [0.25, 0.3) is 22.2 Å². The molecular weight excluding hydrogens is 532 g/mol. The van der Waals surface area contributed by atoms with Crippen LogP contribution in [0.2, 0.25) is 0 Å². The largest absolute Gasteiger partial charge is 0.361 e. The van der Waals surface area contributed by atoms with Crippen molar-refractivity contribution < 1.29 is 18.1 Å². The van der Waals surface area contributed by atoms with E-state index >= 15 is 0 Å². The van der Waals surface area contributed by atoms with Gasteiger partial charge < -0.3 is 14.0 Å². The first kappa shape index (κ1) is 25.1. The zero-order valence-corrected chi connectivity index (χ0v) is 23.0. The fourth-order valence-electron chi connectivity index (χ4n) is 6.36. The minimum absolute atomic E-state index is 0.120. The van der Waals surface area contributed by atoms with Crippen molar-refractivity contribution in [1.82, 2.24) is 19.7 Å². The van der Waals surface area contributed by atoms with Crippen LogP contribution in [0.3, 0.4) is 0 Å². The molecular formula is C30H27F2N5O2S. The number of piperidine rings is 1. The summed E-state index contributed by atoms with van der Waals surface area (Å²) in [5, 5.41) is 4.12. The summed E-state index contributed by atoms with van der Waals surface area (Å²) in [5.41, 5.74) is 7.91. The number of nitrogens with zero attached hydrogens (tertiary/aromatic N) is 5. The van der Waals surface area contributed by atoms with E-state index in [1.165, 1.54) is 10.9 Å². The van der Waals surface area contributed by atoms with Gasteiger partial charge in [-0.3, -0.25) is 4.79 Å². The van der Waals surface area contributed by atoms with Gasteiger partial charge in [0, 0.05) is 41.1 Å². The maximum absolute atomic E-state index is 14.3. The number of anilines is 1. The number of carbonyl (C=O) groups is 1. The van der Waals surface area contributed by atoms with E-state index in [0.29, 0.717) is 24.9 Å². The van der Waals surface area contributed by atoms with Crippen molar-refractivity contribution in [3.63, 3.8) is 0 Å². The number of imidazole rings is 1. The fourth-order valence-corrected chi connectivity index (χ4v) is 7.25. The molecule has 4 heterocycles. The van der Waals surface area contributed by atoms with E-state index in [1.807, 2.05) is 19.4 Å². The van der Waals surface area contributed by atoms with Gasteiger partial charge in [-0.15, -0.1) is 11.3 Å². The molecule has 7 nitrogen and oxygen atoms in total. The average molecular weight is 560 g/mol. The third-order valence-electron chi connectivity index (χ3n) is 8.19. The summed E-state index contributed by atoms with van der Waals surface area (Å²) < 4.78 is 35.9. The minimum atomic E-state index is -0.975. The van der Waals surface area contributed by atoms with Crippen molar-refractivity contribution in [2.24, 2.45) is 0 Å². The number of rotatable bonds is 4. The normalized spacial score (nSPS) is 19.4. The van der Waals surface area contributed by atoms with Gasteiger partial charge in [-0.2, -0.15) is 0 Å². The molecule has 10 heteroatoms. The van der Waals surface area contributed by atoms with Gasteiger partial charge in [0.15, 0.2) is 11.6 Å². The van der Waals surface area contributed by atoms with Gasteiger partial charge in [0.05, 0.1) is 34.0 Å². The van der Waals surface area contributed by atoms with E-state index in [2.05, 4.69) is 32.9 Å². The van der Waals surface area contributed by atoms with Crippen LogP contribution in [0.1, 0.15) is 65.6 Å². The number of hydrogen-bond acceptors (Lipinski definition) is 6. The number of amides is 1. The number of thiazole rings is 1. The summed E-state index contributed by atoms with van der Waals surface area (Å²) in [6, 6.07) is 9.58. The number of benzene rings is 2. The maximum atomic E-state index is 14.3. The highest BCUT2D eigenvalue weighted by Crippen LogP contribution is 2.42. The zero-order chi connectivity index (χ0) is 27.5. The molecule has 2 aliphatic rings. The lowest BCUT2D eigenvalue weighted by molar-refractivity contribution is -0.120. The maximum Gasteiger partial charge on any atom is 0.227 e. The molecule has 0 radical (unpaired) electrons. The summed E-state index contributed by atoms with van der Waals surface area (Å²) in [7, 11) is 0. The van der Waals surface area contributed by atoms with Crippen molar-refractivity contribution >= 4 is 34.0 Å². The summed E-state index contributed by atoms with van der Waals surface area (Å²) >= 11 is 1.67. The lowest BCUT2D eigenvalue weighted by Crippen LogP contribution is -2.40. The minimum Gasteiger partial charge on any atom is -0.361 e. The Bertz CT molecular complexity index is 1750. The number of hydrogen-bond donors (Lipinski definition) is 0. The Morgan fingerprint density at radius 1 is 1.05 bits per heavy atom. The topological polar surface area (TPSA) is 77.0 Å². The lowest BCUT2D eigenvalue weighted by atomic mass is 9.95. The van der Waals surface area contributed by atoms with Crippen molar-refractivity contribution in [2.45, 2.75) is 64.5 Å². The smallest absolute Gasteiger partial charge is 0.227 e. The predicted molar refractivity (Wildman–Crippen MR) is 148 cm³/mol. The molecule has 0 N–H and O–H groups in total. The fraction of sp³-hybridized carbons (Fsp3) is 0.333. The Morgan fingerprint density at radius 2 is 1.93 bits per heavy atom. The standard InChI is InChI=1S/C30H27F2N5O2S/c1-16-29(17(2)39-35-16)18-6-11-25-24(12-18)34-30(37(25)20-8-10-23-27(14-20)40-15-33-23)26-4-3-5-28(38)36(26)19-7-9-21(31)22(32)13-19/h6-7,9,11-13,15,20,26H,3-5,8,10,14H2,1-2H3. The van der Waals surface area contributed by atoms with E-state index in [9.17, 15) is 13.6 Å². The first-order valence-corrected chi connectivity index (χ1v) is 14.4. The Morgan fingerprint density at radius 3 is 2.73 bits per heavy atom. The molecule has 0 saturated carbocycles. The monoisotopic (exact) mass is 559 g/mol. The molecule has 7 rings (SSSR count). The number of aryl methyl sites for hydroxylation is 3. The highest BCUT2D eigenvalue weighted by Gasteiger charge is 2.37. The van der Waals surface area contributed by atoms with Gasteiger partial charge in [-0.1, -0.05) is 11.2 Å². The molecule has 1 aliphatic carbocycles. The molecule has 2 unspecified atom stereocenters. The SMILES string of the molecule is Cc1noc(C)c1-c1ccc2c(c1)nc(C1CCCC(=O)N1c1ccc(F)c(F)c1)n2C1CCc2ncsc2C1. The van der Waals surface area contributed by atoms with E-state index in [1.54, 1.807) is 16.2 Å².